The summed E-state index contributed by atoms with van der Waals surface area (Å²) in [6.45, 7) is 1.81. The van der Waals surface area contributed by atoms with Gasteiger partial charge in [-0.2, -0.15) is 0 Å². The second kappa shape index (κ2) is 6.53. The van der Waals surface area contributed by atoms with Crippen LogP contribution < -0.4 is 5.32 Å². The lowest BCUT2D eigenvalue weighted by molar-refractivity contribution is 0.425. The largest absolute Gasteiger partial charge is 0.369 e. The number of nitrogens with zero attached hydrogens (tertiary/aromatic N) is 3. The van der Waals surface area contributed by atoms with Crippen molar-refractivity contribution < 1.29 is 0 Å². The third kappa shape index (κ3) is 3.19. The highest BCUT2D eigenvalue weighted by atomic mass is 15.1. The average molecular weight is 331 g/mol. The first-order valence-corrected chi connectivity index (χ1v) is 8.42. The van der Waals surface area contributed by atoms with Crippen molar-refractivity contribution in [3.63, 3.8) is 0 Å². The minimum atomic E-state index is 0.854. The second-order valence-electron chi connectivity index (χ2n) is 6.44. The molecule has 0 unspecified atom stereocenters. The molecule has 5 nitrogen and oxygen atoms in total. The quantitative estimate of drug-likeness (QED) is 0.585. The molecule has 4 aromatic rings. The predicted molar refractivity (Wildman–Crippen MR) is 104 cm³/mol. The fraction of sp³-hybridized carbons (Fsp3) is 0.200. The van der Waals surface area contributed by atoms with E-state index < -0.39 is 0 Å². The number of likely N-dealkylation sites (N-methyl/N-ethyl adjacent to an activating group) is 1. The Balaban J connectivity index is 1.77. The number of nitrogens with one attached hydrogen (secondary N) is 2. The fourth-order valence-corrected chi connectivity index (χ4v) is 3.02. The molecule has 126 valence electrons. The summed E-state index contributed by atoms with van der Waals surface area (Å²) in [7, 11) is 4.13. The van der Waals surface area contributed by atoms with Crippen LogP contribution in [0.4, 0.5) is 5.82 Å². The van der Waals surface area contributed by atoms with Gasteiger partial charge < -0.3 is 15.2 Å². The number of hydrogen-bond donors (Lipinski definition) is 2. The minimum Gasteiger partial charge on any atom is -0.369 e. The first-order valence-electron chi connectivity index (χ1n) is 8.42. The maximum absolute atomic E-state index is 4.68. The molecule has 3 aromatic heterocycles. The summed E-state index contributed by atoms with van der Waals surface area (Å²) in [4.78, 5) is 14.5. The lowest BCUT2D eigenvalue weighted by atomic mass is 10.0. The molecular formula is C20H21N5. The topological polar surface area (TPSA) is 56.8 Å². The molecule has 0 aliphatic heterocycles. The van der Waals surface area contributed by atoms with Crippen LogP contribution in [-0.2, 0) is 0 Å². The van der Waals surface area contributed by atoms with Crippen LogP contribution >= 0.6 is 0 Å². The molecule has 0 bridgehead atoms. The van der Waals surface area contributed by atoms with E-state index in [0.29, 0.717) is 0 Å². The van der Waals surface area contributed by atoms with E-state index in [4.69, 9.17) is 0 Å². The van der Waals surface area contributed by atoms with Crippen molar-refractivity contribution in [2.45, 2.75) is 0 Å². The number of pyridine rings is 2. The van der Waals surface area contributed by atoms with Gasteiger partial charge in [-0.25, -0.2) is 4.98 Å². The summed E-state index contributed by atoms with van der Waals surface area (Å²) in [6, 6.07) is 14.7. The lowest BCUT2D eigenvalue weighted by Crippen LogP contribution is -2.21. The Hall–Kier alpha value is -2.92. The third-order valence-corrected chi connectivity index (χ3v) is 4.31. The van der Waals surface area contributed by atoms with Crippen LogP contribution in [0.2, 0.25) is 0 Å². The van der Waals surface area contributed by atoms with Crippen LogP contribution in [0.3, 0.4) is 0 Å². The number of H-pyrrole nitrogens is 1. The van der Waals surface area contributed by atoms with Gasteiger partial charge >= 0.3 is 0 Å². The molecule has 0 aliphatic carbocycles. The molecule has 0 amide bonds. The molecule has 0 saturated carbocycles. The number of aromatic nitrogens is 3. The molecule has 0 atom stereocenters. The molecule has 0 fully saturated rings. The first kappa shape index (κ1) is 15.6. The van der Waals surface area contributed by atoms with E-state index >= 15 is 0 Å². The highest BCUT2D eigenvalue weighted by Gasteiger charge is 2.10. The Morgan fingerprint density at radius 3 is 2.92 bits per heavy atom. The van der Waals surface area contributed by atoms with Gasteiger partial charge in [0.15, 0.2) is 0 Å². The number of fused-ring (bicyclic) bond motifs is 2. The molecule has 0 spiro atoms. The second-order valence-corrected chi connectivity index (χ2v) is 6.44. The van der Waals surface area contributed by atoms with Crippen LogP contribution in [0.25, 0.3) is 33.1 Å². The van der Waals surface area contributed by atoms with E-state index in [9.17, 15) is 0 Å². The standard InChI is InChI=1S/C20H21N5/c1-25(2)11-10-22-19-13-17(16-7-9-23-20(16)24-19)14-5-6-18-15(12-14)4-3-8-21-18/h3-9,12-13H,10-11H2,1-2H3,(H2,22,23,24). The number of rotatable bonds is 5. The maximum Gasteiger partial charge on any atom is 0.140 e. The van der Waals surface area contributed by atoms with Gasteiger partial charge in [0.2, 0.25) is 0 Å². The fourth-order valence-electron chi connectivity index (χ4n) is 3.02. The third-order valence-electron chi connectivity index (χ3n) is 4.31. The zero-order chi connectivity index (χ0) is 17.2. The van der Waals surface area contributed by atoms with E-state index in [1.54, 1.807) is 0 Å². The van der Waals surface area contributed by atoms with Gasteiger partial charge in [0, 0.05) is 36.3 Å². The first-order chi connectivity index (χ1) is 12.2. The van der Waals surface area contributed by atoms with E-state index in [1.165, 1.54) is 11.1 Å². The van der Waals surface area contributed by atoms with Gasteiger partial charge in [-0.15, -0.1) is 0 Å². The monoisotopic (exact) mass is 331 g/mol. The molecule has 25 heavy (non-hydrogen) atoms. The highest BCUT2D eigenvalue weighted by Crippen LogP contribution is 2.31. The normalized spacial score (nSPS) is 11.5. The van der Waals surface area contributed by atoms with Gasteiger partial charge in [-0.1, -0.05) is 12.1 Å². The Labute approximate surface area is 146 Å². The number of aromatic amines is 1. The Morgan fingerprint density at radius 2 is 2.04 bits per heavy atom. The SMILES string of the molecule is CN(C)CCNc1cc(-c2ccc3ncccc3c2)c2cc[nH]c2n1. The van der Waals surface area contributed by atoms with E-state index in [1.807, 2.05) is 18.5 Å². The molecule has 0 aliphatic rings. The summed E-state index contributed by atoms with van der Waals surface area (Å²) in [5.41, 5.74) is 4.25. The zero-order valence-corrected chi connectivity index (χ0v) is 14.5. The van der Waals surface area contributed by atoms with Crippen molar-refractivity contribution in [1.29, 1.82) is 0 Å². The molecule has 1 aromatic carbocycles. The zero-order valence-electron chi connectivity index (χ0n) is 14.5. The molecule has 4 rings (SSSR count). The van der Waals surface area contributed by atoms with Crippen LogP contribution in [0, 0.1) is 0 Å². The summed E-state index contributed by atoms with van der Waals surface area (Å²) in [5.74, 6) is 0.887. The average Bonchev–Trinajstić information content (AvgIpc) is 3.09. The Bertz CT molecular complexity index is 1020. The minimum absolute atomic E-state index is 0.854. The summed E-state index contributed by atoms with van der Waals surface area (Å²) >= 11 is 0. The van der Waals surface area contributed by atoms with Crippen molar-refractivity contribution in [3.05, 3.63) is 54.9 Å². The van der Waals surface area contributed by atoms with Gasteiger partial charge in [-0.05, 0) is 55.6 Å². The molecule has 0 radical (unpaired) electrons. The lowest BCUT2D eigenvalue weighted by Gasteiger charge is -2.12. The van der Waals surface area contributed by atoms with Gasteiger partial charge in [-0.3, -0.25) is 4.98 Å². The predicted octanol–water partition coefficient (Wildman–Crippen LogP) is 3.75. The van der Waals surface area contributed by atoms with Crippen molar-refractivity contribution >= 4 is 27.8 Å². The highest BCUT2D eigenvalue weighted by molar-refractivity contribution is 5.97. The van der Waals surface area contributed by atoms with Gasteiger partial charge in [0.25, 0.3) is 0 Å². The van der Waals surface area contributed by atoms with E-state index in [2.05, 4.69) is 75.7 Å². The summed E-state index contributed by atoms with van der Waals surface area (Å²) < 4.78 is 0. The number of hydrogen-bond acceptors (Lipinski definition) is 4. The van der Waals surface area contributed by atoms with Crippen LogP contribution in [0.15, 0.2) is 54.9 Å². The van der Waals surface area contributed by atoms with Crippen LogP contribution in [-0.4, -0.2) is 47.0 Å². The maximum atomic E-state index is 4.68. The van der Waals surface area contributed by atoms with E-state index in [-0.39, 0.29) is 0 Å². The van der Waals surface area contributed by atoms with Crippen LogP contribution in [0.1, 0.15) is 0 Å². The molecule has 5 heteroatoms. The van der Waals surface area contributed by atoms with Crippen LogP contribution in [0.5, 0.6) is 0 Å². The van der Waals surface area contributed by atoms with Gasteiger partial charge in [0.1, 0.15) is 11.5 Å². The van der Waals surface area contributed by atoms with Crippen molar-refractivity contribution in [2.24, 2.45) is 0 Å². The van der Waals surface area contributed by atoms with Crippen molar-refractivity contribution in [2.75, 3.05) is 32.5 Å². The molecule has 0 saturated heterocycles. The van der Waals surface area contributed by atoms with Gasteiger partial charge in [0.05, 0.1) is 5.52 Å². The molecule has 2 N–H and O–H groups in total. The summed E-state index contributed by atoms with van der Waals surface area (Å²) in [5, 5.41) is 5.69. The van der Waals surface area contributed by atoms with E-state index in [0.717, 1.165) is 40.8 Å². The summed E-state index contributed by atoms with van der Waals surface area (Å²) in [6.07, 6.45) is 3.76. The smallest absolute Gasteiger partial charge is 0.140 e. The molecule has 3 heterocycles. The Morgan fingerprint density at radius 1 is 1.12 bits per heavy atom. The molecular weight excluding hydrogens is 310 g/mol. The number of anilines is 1. The van der Waals surface area contributed by atoms with Crippen molar-refractivity contribution in [1.82, 2.24) is 19.9 Å². The number of benzene rings is 1. The Kier molecular flexibility index (Phi) is 4.07. The van der Waals surface area contributed by atoms with Crippen molar-refractivity contribution in [3.8, 4) is 11.1 Å².